The summed E-state index contributed by atoms with van der Waals surface area (Å²) in [4.78, 5) is 9.95. The van der Waals surface area contributed by atoms with E-state index in [1.54, 1.807) is 24.3 Å². The van der Waals surface area contributed by atoms with Crippen LogP contribution in [0.5, 0.6) is 0 Å². The summed E-state index contributed by atoms with van der Waals surface area (Å²) in [7, 11) is 0. The molecule has 2 heteroatoms. The van der Waals surface area contributed by atoms with E-state index in [4.69, 9.17) is 0 Å². The summed E-state index contributed by atoms with van der Waals surface area (Å²) in [6, 6.07) is 8.68. The minimum absolute atomic E-state index is 0.0516. The first-order valence-electron chi connectivity index (χ1n) is 3.47. The van der Waals surface area contributed by atoms with E-state index in [0.717, 1.165) is 0 Å². The van der Waals surface area contributed by atoms with E-state index in [-0.39, 0.29) is 6.42 Å². The Bertz CT molecular complexity index is 220. The van der Waals surface area contributed by atoms with Crippen LogP contribution in [0.3, 0.4) is 0 Å². The van der Waals surface area contributed by atoms with Gasteiger partial charge in [-0.05, 0) is 5.56 Å². The van der Waals surface area contributed by atoms with Gasteiger partial charge in [0, 0.05) is 6.42 Å². The normalized spacial score (nSPS) is 12.5. The molecule has 1 atom stereocenters. The highest BCUT2D eigenvalue weighted by Crippen LogP contribution is 2.18. The molecule has 1 unspecified atom stereocenters. The maximum Gasteiger partial charge on any atom is 0.132 e. The maximum atomic E-state index is 12.9. The van der Waals surface area contributed by atoms with E-state index in [2.05, 4.69) is 0 Å². The molecule has 1 nitrogen and oxygen atoms in total. The van der Waals surface area contributed by atoms with Gasteiger partial charge in [-0.25, -0.2) is 4.39 Å². The fourth-order valence-corrected chi connectivity index (χ4v) is 0.882. The number of alkyl halides is 1. The third-order valence-electron chi connectivity index (χ3n) is 1.46. The molecule has 11 heavy (non-hydrogen) atoms. The van der Waals surface area contributed by atoms with Crippen LogP contribution in [0, 0.1) is 0 Å². The molecule has 0 saturated heterocycles. The Morgan fingerprint density at radius 2 is 2.00 bits per heavy atom. The molecule has 0 heterocycles. The highest BCUT2D eigenvalue weighted by Gasteiger charge is 2.06. The van der Waals surface area contributed by atoms with Crippen LogP contribution in [0.15, 0.2) is 30.3 Å². The Balaban J connectivity index is 2.68. The lowest BCUT2D eigenvalue weighted by molar-refractivity contribution is -0.108. The van der Waals surface area contributed by atoms with E-state index < -0.39 is 6.17 Å². The van der Waals surface area contributed by atoms with Crippen LogP contribution in [0.1, 0.15) is 18.2 Å². The third kappa shape index (κ3) is 2.15. The number of carbonyl (C=O) groups excluding carboxylic acids is 1. The van der Waals surface area contributed by atoms with Gasteiger partial charge in [0.2, 0.25) is 0 Å². The summed E-state index contributed by atoms with van der Waals surface area (Å²) in [5.74, 6) is 0. The minimum atomic E-state index is -1.14. The third-order valence-corrected chi connectivity index (χ3v) is 1.46. The van der Waals surface area contributed by atoms with Crippen molar-refractivity contribution in [3.63, 3.8) is 0 Å². The zero-order valence-corrected chi connectivity index (χ0v) is 6.03. The quantitative estimate of drug-likeness (QED) is 0.607. The monoisotopic (exact) mass is 152 g/mol. The van der Waals surface area contributed by atoms with Gasteiger partial charge in [-0.1, -0.05) is 30.3 Å². The predicted octanol–water partition coefficient (Wildman–Crippen LogP) is 2.29. The van der Waals surface area contributed by atoms with Gasteiger partial charge in [-0.2, -0.15) is 0 Å². The summed E-state index contributed by atoms with van der Waals surface area (Å²) in [6.07, 6.45) is -0.601. The molecule has 0 radical (unpaired) electrons. The molecular formula is C9H9FO. The summed E-state index contributed by atoms with van der Waals surface area (Å²) >= 11 is 0. The van der Waals surface area contributed by atoms with Crippen LogP contribution in [0.25, 0.3) is 0 Å². The van der Waals surface area contributed by atoms with E-state index in [1.165, 1.54) is 0 Å². The van der Waals surface area contributed by atoms with E-state index in [1.807, 2.05) is 6.07 Å². The Kier molecular flexibility index (Phi) is 2.78. The van der Waals surface area contributed by atoms with Gasteiger partial charge < -0.3 is 4.79 Å². The molecular weight excluding hydrogens is 143 g/mol. The van der Waals surface area contributed by atoms with E-state index in [0.29, 0.717) is 11.8 Å². The lowest BCUT2D eigenvalue weighted by Crippen LogP contribution is -1.90. The lowest BCUT2D eigenvalue weighted by atomic mass is 10.1. The van der Waals surface area contributed by atoms with Crippen molar-refractivity contribution in [3.05, 3.63) is 35.9 Å². The Labute approximate surface area is 64.9 Å². The van der Waals surface area contributed by atoms with Crippen LogP contribution in [0.2, 0.25) is 0 Å². The van der Waals surface area contributed by atoms with Gasteiger partial charge in [0.1, 0.15) is 12.5 Å². The highest BCUT2D eigenvalue weighted by molar-refractivity contribution is 5.51. The van der Waals surface area contributed by atoms with Crippen molar-refractivity contribution in [1.29, 1.82) is 0 Å². The molecule has 0 aliphatic heterocycles. The second-order valence-corrected chi connectivity index (χ2v) is 2.28. The van der Waals surface area contributed by atoms with Gasteiger partial charge >= 0.3 is 0 Å². The second-order valence-electron chi connectivity index (χ2n) is 2.28. The van der Waals surface area contributed by atoms with Gasteiger partial charge in [0.25, 0.3) is 0 Å². The number of benzene rings is 1. The van der Waals surface area contributed by atoms with Crippen molar-refractivity contribution in [2.45, 2.75) is 12.6 Å². The van der Waals surface area contributed by atoms with Crippen molar-refractivity contribution < 1.29 is 9.18 Å². The molecule has 0 fully saturated rings. The molecule has 0 aromatic heterocycles. The number of hydrogen-bond donors (Lipinski definition) is 0. The number of aldehydes is 1. The maximum absolute atomic E-state index is 12.9. The average Bonchev–Trinajstić information content (AvgIpc) is 2.07. The highest BCUT2D eigenvalue weighted by atomic mass is 19.1. The largest absolute Gasteiger partial charge is 0.303 e. The molecule has 0 amide bonds. The van der Waals surface area contributed by atoms with Crippen LogP contribution >= 0.6 is 0 Å². The van der Waals surface area contributed by atoms with Crippen LogP contribution in [0.4, 0.5) is 4.39 Å². The first-order chi connectivity index (χ1) is 5.34. The molecule has 0 bridgehead atoms. The van der Waals surface area contributed by atoms with Gasteiger partial charge in [-0.15, -0.1) is 0 Å². The van der Waals surface area contributed by atoms with Crippen molar-refractivity contribution in [1.82, 2.24) is 0 Å². The van der Waals surface area contributed by atoms with Crippen molar-refractivity contribution >= 4 is 6.29 Å². The second kappa shape index (κ2) is 3.86. The first kappa shape index (κ1) is 7.92. The average molecular weight is 152 g/mol. The van der Waals surface area contributed by atoms with Gasteiger partial charge in [0.15, 0.2) is 0 Å². The van der Waals surface area contributed by atoms with Crippen LogP contribution < -0.4 is 0 Å². The fourth-order valence-electron chi connectivity index (χ4n) is 0.882. The Hall–Kier alpha value is -1.18. The van der Waals surface area contributed by atoms with E-state index >= 15 is 0 Å². The zero-order valence-electron chi connectivity index (χ0n) is 6.03. The van der Waals surface area contributed by atoms with Crippen molar-refractivity contribution in [3.8, 4) is 0 Å². The fraction of sp³-hybridized carbons (Fsp3) is 0.222. The van der Waals surface area contributed by atoms with Gasteiger partial charge in [0.05, 0.1) is 0 Å². The number of rotatable bonds is 3. The molecule has 0 spiro atoms. The lowest BCUT2D eigenvalue weighted by Gasteiger charge is -2.02. The molecule has 58 valence electrons. The summed E-state index contributed by atoms with van der Waals surface area (Å²) < 4.78 is 12.9. The smallest absolute Gasteiger partial charge is 0.132 e. The molecule has 0 saturated carbocycles. The Morgan fingerprint density at radius 1 is 1.36 bits per heavy atom. The molecule has 1 aromatic carbocycles. The standard InChI is InChI=1S/C9H9FO/c10-9(6-7-11)8-4-2-1-3-5-8/h1-5,7,9H,6H2. The minimum Gasteiger partial charge on any atom is -0.303 e. The van der Waals surface area contributed by atoms with E-state index in [9.17, 15) is 9.18 Å². The molecule has 0 N–H and O–H groups in total. The van der Waals surface area contributed by atoms with Gasteiger partial charge in [-0.3, -0.25) is 0 Å². The Morgan fingerprint density at radius 3 is 2.55 bits per heavy atom. The summed E-state index contributed by atoms with van der Waals surface area (Å²) in [5, 5.41) is 0. The number of hydrogen-bond acceptors (Lipinski definition) is 1. The molecule has 1 rings (SSSR count). The number of halogens is 1. The van der Waals surface area contributed by atoms with Crippen molar-refractivity contribution in [2.75, 3.05) is 0 Å². The summed E-state index contributed by atoms with van der Waals surface area (Å²) in [5.41, 5.74) is 0.569. The SMILES string of the molecule is O=CCC(F)c1ccccc1. The first-order valence-corrected chi connectivity index (χ1v) is 3.47. The van der Waals surface area contributed by atoms with Crippen LogP contribution in [-0.4, -0.2) is 6.29 Å². The van der Waals surface area contributed by atoms with Crippen LogP contribution in [-0.2, 0) is 4.79 Å². The molecule has 0 aliphatic carbocycles. The molecule has 0 aliphatic rings. The van der Waals surface area contributed by atoms with Crippen molar-refractivity contribution in [2.24, 2.45) is 0 Å². The number of carbonyl (C=O) groups is 1. The summed E-state index contributed by atoms with van der Waals surface area (Å²) in [6.45, 7) is 0. The molecule has 1 aromatic rings. The topological polar surface area (TPSA) is 17.1 Å². The zero-order chi connectivity index (χ0) is 8.10. The predicted molar refractivity (Wildman–Crippen MR) is 41.0 cm³/mol.